The van der Waals surface area contributed by atoms with Crippen LogP contribution in [-0.4, -0.2) is 32.9 Å². The van der Waals surface area contributed by atoms with Gasteiger partial charge in [-0.3, -0.25) is 4.79 Å². The zero-order valence-corrected chi connectivity index (χ0v) is 12.7. The third-order valence-corrected chi connectivity index (χ3v) is 5.03. The van der Waals surface area contributed by atoms with Crippen molar-refractivity contribution in [3.63, 3.8) is 0 Å². The second kappa shape index (κ2) is 5.80. The number of sulfone groups is 1. The van der Waals surface area contributed by atoms with Crippen LogP contribution >= 0.6 is 11.3 Å². The number of nitrogen functional groups attached to an aromatic ring is 1. The lowest BCUT2D eigenvalue weighted by Crippen LogP contribution is -2.25. The van der Waals surface area contributed by atoms with Crippen molar-refractivity contribution in [2.75, 3.05) is 24.3 Å². The second-order valence-electron chi connectivity index (χ2n) is 4.58. The van der Waals surface area contributed by atoms with E-state index in [1.54, 1.807) is 0 Å². The molecule has 1 aromatic carbocycles. The molecule has 1 heterocycles. The average molecular weight is 312 g/mol. The smallest absolute Gasteiger partial charge is 0.263 e. The number of hydrogen-bond acceptors (Lipinski definition) is 5. The minimum Gasteiger partial charge on any atom is -0.397 e. The van der Waals surface area contributed by atoms with Crippen molar-refractivity contribution < 1.29 is 13.2 Å². The van der Waals surface area contributed by atoms with Gasteiger partial charge >= 0.3 is 0 Å². The Balaban J connectivity index is 2.03. The van der Waals surface area contributed by atoms with Crippen LogP contribution in [-0.2, 0) is 9.84 Å². The molecule has 1 aromatic heterocycles. The zero-order valence-electron chi connectivity index (χ0n) is 11.0. The van der Waals surface area contributed by atoms with E-state index in [1.165, 1.54) is 17.6 Å². The maximum atomic E-state index is 12.0. The molecule has 3 N–H and O–H groups in total. The molecular formula is C13H16N2O3S2. The Kier molecular flexibility index (Phi) is 4.29. The molecule has 0 saturated heterocycles. The third kappa shape index (κ3) is 3.49. The lowest BCUT2D eigenvalue weighted by Gasteiger charge is -2.03. The summed E-state index contributed by atoms with van der Waals surface area (Å²) in [6, 6.07) is 7.56. The molecule has 0 spiro atoms. The van der Waals surface area contributed by atoms with Crippen molar-refractivity contribution in [3.8, 4) is 0 Å². The number of thiophene rings is 1. The monoisotopic (exact) mass is 312 g/mol. The first-order valence-corrected chi connectivity index (χ1v) is 8.99. The van der Waals surface area contributed by atoms with Crippen LogP contribution in [0.5, 0.6) is 0 Å². The predicted octanol–water partition coefficient (Wildman–Crippen LogP) is 1.65. The topological polar surface area (TPSA) is 89.3 Å². The lowest BCUT2D eigenvalue weighted by molar-refractivity contribution is 0.0958. The molecule has 0 saturated carbocycles. The van der Waals surface area contributed by atoms with Crippen molar-refractivity contribution in [1.82, 2.24) is 5.32 Å². The lowest BCUT2D eigenvalue weighted by atomic mass is 10.2. The van der Waals surface area contributed by atoms with E-state index in [9.17, 15) is 13.2 Å². The van der Waals surface area contributed by atoms with Gasteiger partial charge in [0.1, 0.15) is 14.7 Å². The van der Waals surface area contributed by atoms with Crippen LogP contribution < -0.4 is 11.1 Å². The highest BCUT2D eigenvalue weighted by Gasteiger charge is 2.15. The Hall–Kier alpha value is -1.60. The number of nitrogens with one attached hydrogen (secondary N) is 1. The van der Waals surface area contributed by atoms with Gasteiger partial charge < -0.3 is 11.1 Å². The fourth-order valence-corrected chi connectivity index (χ4v) is 3.56. The van der Waals surface area contributed by atoms with Crippen molar-refractivity contribution in [1.29, 1.82) is 0 Å². The first kappa shape index (κ1) is 14.8. The van der Waals surface area contributed by atoms with Gasteiger partial charge in [0.2, 0.25) is 0 Å². The molecule has 0 fully saturated rings. The highest BCUT2D eigenvalue weighted by Crippen LogP contribution is 2.33. The van der Waals surface area contributed by atoms with Crippen LogP contribution in [0.3, 0.4) is 0 Å². The summed E-state index contributed by atoms with van der Waals surface area (Å²) >= 11 is 1.34. The van der Waals surface area contributed by atoms with Crippen LogP contribution in [0, 0.1) is 0 Å². The van der Waals surface area contributed by atoms with E-state index in [0.717, 1.165) is 10.1 Å². The van der Waals surface area contributed by atoms with Gasteiger partial charge in [-0.2, -0.15) is 0 Å². The molecule has 0 aliphatic carbocycles. The Bertz CT molecular complexity index is 735. The van der Waals surface area contributed by atoms with E-state index in [2.05, 4.69) is 5.32 Å². The SMILES string of the molecule is CS(=O)(=O)CCCNC(=O)c1sc2ccccc2c1N. The number of fused-ring (bicyclic) bond motifs is 1. The number of benzene rings is 1. The zero-order chi connectivity index (χ0) is 14.8. The van der Waals surface area contributed by atoms with Crippen LogP contribution in [0.25, 0.3) is 10.1 Å². The number of carbonyl (C=O) groups excluding carboxylic acids is 1. The molecule has 108 valence electrons. The summed E-state index contributed by atoms with van der Waals surface area (Å²) in [4.78, 5) is 12.5. The fraction of sp³-hybridized carbons (Fsp3) is 0.308. The van der Waals surface area contributed by atoms with Crippen molar-refractivity contribution in [3.05, 3.63) is 29.1 Å². The van der Waals surface area contributed by atoms with Crippen LogP contribution in [0.1, 0.15) is 16.1 Å². The molecule has 0 unspecified atom stereocenters. The molecule has 2 rings (SSSR count). The molecule has 2 aromatic rings. The summed E-state index contributed by atoms with van der Waals surface area (Å²) in [7, 11) is -2.99. The average Bonchev–Trinajstić information content (AvgIpc) is 2.72. The van der Waals surface area contributed by atoms with E-state index in [0.29, 0.717) is 23.5 Å². The van der Waals surface area contributed by atoms with Gasteiger partial charge in [0.05, 0.1) is 11.4 Å². The van der Waals surface area contributed by atoms with Gasteiger partial charge in [0.25, 0.3) is 5.91 Å². The molecule has 20 heavy (non-hydrogen) atoms. The largest absolute Gasteiger partial charge is 0.397 e. The molecule has 0 aliphatic heterocycles. The van der Waals surface area contributed by atoms with Crippen LogP contribution in [0.4, 0.5) is 5.69 Å². The van der Waals surface area contributed by atoms with Gasteiger partial charge in [0.15, 0.2) is 0 Å². The molecule has 7 heteroatoms. The highest BCUT2D eigenvalue weighted by molar-refractivity contribution is 7.90. The highest BCUT2D eigenvalue weighted by atomic mass is 32.2. The van der Waals surface area contributed by atoms with Crippen LogP contribution in [0.15, 0.2) is 24.3 Å². The number of nitrogens with two attached hydrogens (primary N) is 1. The van der Waals surface area contributed by atoms with Gasteiger partial charge in [-0.05, 0) is 12.5 Å². The van der Waals surface area contributed by atoms with Gasteiger partial charge in [-0.25, -0.2) is 8.42 Å². The summed E-state index contributed by atoms with van der Waals surface area (Å²) in [6.45, 7) is 0.319. The quantitative estimate of drug-likeness (QED) is 0.822. The number of anilines is 1. The number of hydrogen-bond donors (Lipinski definition) is 2. The minimum absolute atomic E-state index is 0.0647. The van der Waals surface area contributed by atoms with Gasteiger partial charge in [-0.15, -0.1) is 11.3 Å². The maximum Gasteiger partial charge on any atom is 0.263 e. The Morgan fingerprint density at radius 2 is 2.05 bits per heavy atom. The second-order valence-corrected chi connectivity index (χ2v) is 7.89. The standard InChI is InChI=1S/C13H16N2O3S2/c1-20(17,18)8-4-7-15-13(16)12-11(14)9-5-2-3-6-10(9)19-12/h2-3,5-6H,4,7-8,14H2,1H3,(H,15,16). The Labute approximate surface area is 121 Å². The van der Waals surface area contributed by atoms with Crippen molar-refractivity contribution >= 4 is 42.9 Å². The van der Waals surface area contributed by atoms with Crippen LogP contribution in [0.2, 0.25) is 0 Å². The molecular weight excluding hydrogens is 296 g/mol. The summed E-state index contributed by atoms with van der Waals surface area (Å²) in [5.74, 6) is -0.188. The third-order valence-electron chi connectivity index (χ3n) is 2.82. The number of rotatable bonds is 5. The first-order valence-electron chi connectivity index (χ1n) is 6.11. The van der Waals surface area contributed by atoms with E-state index >= 15 is 0 Å². The molecule has 0 atom stereocenters. The molecule has 0 bridgehead atoms. The molecule has 5 nitrogen and oxygen atoms in total. The van der Waals surface area contributed by atoms with E-state index < -0.39 is 9.84 Å². The molecule has 0 aliphatic rings. The Morgan fingerprint density at radius 1 is 1.35 bits per heavy atom. The number of amides is 1. The molecule has 0 radical (unpaired) electrons. The van der Waals surface area contributed by atoms with Gasteiger partial charge in [0, 0.05) is 22.9 Å². The number of carbonyl (C=O) groups is 1. The van der Waals surface area contributed by atoms with Crippen molar-refractivity contribution in [2.24, 2.45) is 0 Å². The fourth-order valence-electron chi connectivity index (χ4n) is 1.85. The summed E-state index contributed by atoms with van der Waals surface area (Å²) < 4.78 is 22.9. The first-order chi connectivity index (χ1) is 9.38. The predicted molar refractivity (Wildman–Crippen MR) is 82.9 cm³/mol. The minimum atomic E-state index is -2.99. The summed E-state index contributed by atoms with van der Waals surface area (Å²) in [5.41, 5.74) is 6.45. The Morgan fingerprint density at radius 3 is 2.70 bits per heavy atom. The van der Waals surface area contributed by atoms with E-state index in [1.807, 2.05) is 24.3 Å². The van der Waals surface area contributed by atoms with Gasteiger partial charge in [-0.1, -0.05) is 18.2 Å². The summed E-state index contributed by atoms with van der Waals surface area (Å²) in [5, 5.41) is 3.57. The van der Waals surface area contributed by atoms with E-state index in [4.69, 9.17) is 5.73 Å². The van der Waals surface area contributed by atoms with E-state index in [-0.39, 0.29) is 11.7 Å². The maximum absolute atomic E-state index is 12.0. The summed E-state index contributed by atoms with van der Waals surface area (Å²) in [6.07, 6.45) is 1.58. The molecule has 1 amide bonds. The van der Waals surface area contributed by atoms with Crippen molar-refractivity contribution in [2.45, 2.75) is 6.42 Å². The normalized spacial score (nSPS) is 11.7.